The average molecular weight is 372 g/mol. The van der Waals surface area contributed by atoms with Crippen molar-refractivity contribution in [3.05, 3.63) is 12.7 Å². The molecule has 2 aliphatic rings. The Hall–Kier alpha value is -2.22. The van der Waals surface area contributed by atoms with E-state index in [1.165, 1.54) is 0 Å². The number of hydrogen-bond donors (Lipinski definition) is 0. The van der Waals surface area contributed by atoms with Gasteiger partial charge in [-0.05, 0) is 0 Å². The molecule has 0 bridgehead atoms. The maximum absolute atomic E-state index is 12.6. The van der Waals surface area contributed by atoms with E-state index in [4.69, 9.17) is 4.74 Å². The Morgan fingerprint density at radius 1 is 1.15 bits per heavy atom. The van der Waals surface area contributed by atoms with Crippen molar-refractivity contribution in [3.63, 3.8) is 0 Å². The molecule has 0 aromatic carbocycles. The van der Waals surface area contributed by atoms with Crippen LogP contribution in [0.4, 0.5) is 5.82 Å². The number of imidazole rings is 1. The zero-order valence-electron chi connectivity index (χ0n) is 16.6. The van der Waals surface area contributed by atoms with E-state index in [-0.39, 0.29) is 11.3 Å². The van der Waals surface area contributed by atoms with Gasteiger partial charge in [0.2, 0.25) is 5.91 Å². The van der Waals surface area contributed by atoms with Crippen molar-refractivity contribution in [3.8, 4) is 0 Å². The molecule has 27 heavy (non-hydrogen) atoms. The minimum atomic E-state index is -0.313. The summed E-state index contributed by atoms with van der Waals surface area (Å²) < 4.78 is 7.17. The summed E-state index contributed by atoms with van der Waals surface area (Å²) in [5, 5.41) is 0. The fourth-order valence-electron chi connectivity index (χ4n) is 4.26. The molecular weight excluding hydrogens is 344 g/mol. The molecule has 0 aliphatic carbocycles. The lowest BCUT2D eigenvalue weighted by Gasteiger charge is -2.27. The average Bonchev–Trinajstić information content (AvgIpc) is 3.30. The van der Waals surface area contributed by atoms with Crippen LogP contribution in [0, 0.1) is 17.3 Å². The van der Waals surface area contributed by atoms with Crippen molar-refractivity contribution in [1.29, 1.82) is 0 Å². The molecule has 0 spiro atoms. The molecule has 0 N–H and O–H groups in total. The maximum Gasteiger partial charge on any atom is 0.227 e. The molecule has 2 saturated heterocycles. The minimum absolute atomic E-state index is 0.254. The van der Waals surface area contributed by atoms with Gasteiger partial charge >= 0.3 is 0 Å². The highest BCUT2D eigenvalue weighted by Crippen LogP contribution is 2.36. The Labute approximate surface area is 159 Å². The van der Waals surface area contributed by atoms with E-state index in [0.29, 0.717) is 18.4 Å². The summed E-state index contributed by atoms with van der Waals surface area (Å²) in [7, 11) is 1.69. The van der Waals surface area contributed by atoms with Crippen LogP contribution in [0.25, 0.3) is 11.2 Å². The Morgan fingerprint density at radius 3 is 2.48 bits per heavy atom. The third-order valence-corrected chi connectivity index (χ3v) is 5.63. The molecule has 8 heteroatoms. The van der Waals surface area contributed by atoms with Gasteiger partial charge in [-0.3, -0.25) is 4.79 Å². The van der Waals surface area contributed by atoms with Crippen molar-refractivity contribution in [2.24, 2.45) is 17.3 Å². The number of carbonyl (C=O) groups excluding carboxylic acids is 1. The van der Waals surface area contributed by atoms with Crippen molar-refractivity contribution < 1.29 is 9.53 Å². The van der Waals surface area contributed by atoms with Crippen LogP contribution in [0.2, 0.25) is 0 Å². The largest absolute Gasteiger partial charge is 0.383 e. The summed E-state index contributed by atoms with van der Waals surface area (Å²) in [4.78, 5) is 30.4. The first-order valence-electron chi connectivity index (χ1n) is 9.57. The highest BCUT2D eigenvalue weighted by molar-refractivity contribution is 5.84. The summed E-state index contributed by atoms with van der Waals surface area (Å²) in [6.07, 6.45) is 3.43. The van der Waals surface area contributed by atoms with E-state index in [1.807, 2.05) is 36.6 Å². The fraction of sp³-hybridized carbons (Fsp3) is 0.684. The molecule has 1 amide bonds. The first-order chi connectivity index (χ1) is 12.9. The summed E-state index contributed by atoms with van der Waals surface area (Å²) in [6, 6.07) is 0. The van der Waals surface area contributed by atoms with Crippen LogP contribution in [-0.4, -0.2) is 70.2 Å². The third kappa shape index (κ3) is 3.26. The predicted molar refractivity (Wildman–Crippen MR) is 102 cm³/mol. The second-order valence-corrected chi connectivity index (χ2v) is 8.69. The van der Waals surface area contributed by atoms with Crippen LogP contribution < -0.4 is 4.90 Å². The van der Waals surface area contributed by atoms with E-state index < -0.39 is 0 Å². The molecular formula is C19H28N6O2. The van der Waals surface area contributed by atoms with Gasteiger partial charge in [-0.25, -0.2) is 15.0 Å². The van der Waals surface area contributed by atoms with E-state index in [1.54, 1.807) is 13.4 Å². The van der Waals surface area contributed by atoms with Gasteiger partial charge in [0.15, 0.2) is 17.0 Å². The smallest absolute Gasteiger partial charge is 0.227 e. The number of anilines is 1. The van der Waals surface area contributed by atoms with Gasteiger partial charge in [0.1, 0.15) is 6.33 Å². The quantitative estimate of drug-likeness (QED) is 0.808. The monoisotopic (exact) mass is 372 g/mol. The van der Waals surface area contributed by atoms with E-state index in [0.717, 1.165) is 49.7 Å². The molecule has 2 aromatic heterocycles. The lowest BCUT2D eigenvalue weighted by Crippen LogP contribution is -2.40. The fourth-order valence-corrected chi connectivity index (χ4v) is 4.26. The number of nitrogens with zero attached hydrogens (tertiary/aromatic N) is 6. The van der Waals surface area contributed by atoms with Crippen molar-refractivity contribution in [2.75, 3.05) is 44.8 Å². The first-order valence-corrected chi connectivity index (χ1v) is 9.57. The highest BCUT2D eigenvalue weighted by atomic mass is 16.5. The van der Waals surface area contributed by atoms with Gasteiger partial charge in [0.25, 0.3) is 0 Å². The van der Waals surface area contributed by atoms with Crippen molar-refractivity contribution >= 4 is 22.9 Å². The topological polar surface area (TPSA) is 76.4 Å². The summed E-state index contributed by atoms with van der Waals surface area (Å²) in [6.45, 7) is 10.8. The Kier molecular flexibility index (Phi) is 4.53. The minimum Gasteiger partial charge on any atom is -0.383 e. The van der Waals surface area contributed by atoms with Gasteiger partial charge in [0, 0.05) is 57.1 Å². The number of carbonyl (C=O) groups is 1. The second kappa shape index (κ2) is 6.74. The van der Waals surface area contributed by atoms with Crippen LogP contribution in [0.3, 0.4) is 0 Å². The van der Waals surface area contributed by atoms with Gasteiger partial charge in [-0.1, -0.05) is 20.8 Å². The second-order valence-electron chi connectivity index (χ2n) is 8.69. The number of ether oxygens (including phenoxy) is 1. The van der Waals surface area contributed by atoms with Crippen LogP contribution in [-0.2, 0) is 16.1 Å². The normalized spacial score (nSPS) is 22.7. The number of fused-ring (bicyclic) bond motifs is 2. The van der Waals surface area contributed by atoms with Crippen molar-refractivity contribution in [1.82, 2.24) is 24.4 Å². The number of aromatic nitrogens is 4. The SMILES string of the molecule is COCCn1cnc2c(N3CC4CN(C(=O)C(C)(C)C)CC4C3)ncnc21. The molecule has 0 saturated carbocycles. The van der Waals surface area contributed by atoms with E-state index >= 15 is 0 Å². The number of methoxy groups -OCH3 is 1. The molecule has 2 aromatic rings. The van der Waals surface area contributed by atoms with Gasteiger partial charge in [-0.2, -0.15) is 0 Å². The number of amides is 1. The zero-order valence-corrected chi connectivity index (χ0v) is 16.6. The standard InChI is InChI=1S/C19H28N6O2/c1-19(2,3)18(26)25-9-13-7-24(8-14(13)10-25)17-15-16(20-11-21-17)23(12-22-15)5-6-27-4/h11-14H,5-10H2,1-4H3. The number of likely N-dealkylation sites (tertiary alicyclic amines) is 1. The zero-order chi connectivity index (χ0) is 19.2. The highest BCUT2D eigenvalue weighted by Gasteiger charge is 2.44. The van der Waals surface area contributed by atoms with Crippen LogP contribution in [0.15, 0.2) is 12.7 Å². The van der Waals surface area contributed by atoms with Gasteiger partial charge < -0.3 is 19.1 Å². The molecule has 0 radical (unpaired) electrons. The molecule has 146 valence electrons. The molecule has 2 unspecified atom stereocenters. The molecule has 2 atom stereocenters. The van der Waals surface area contributed by atoms with E-state index in [2.05, 4.69) is 19.9 Å². The van der Waals surface area contributed by atoms with Crippen LogP contribution in [0.1, 0.15) is 20.8 Å². The van der Waals surface area contributed by atoms with Gasteiger partial charge in [0.05, 0.1) is 12.9 Å². The lowest BCUT2D eigenvalue weighted by molar-refractivity contribution is -0.138. The van der Waals surface area contributed by atoms with Crippen LogP contribution >= 0.6 is 0 Å². The van der Waals surface area contributed by atoms with Gasteiger partial charge in [-0.15, -0.1) is 0 Å². The predicted octanol–water partition coefficient (Wildman–Crippen LogP) is 1.41. The first kappa shape index (κ1) is 18.2. The molecule has 2 fully saturated rings. The molecule has 8 nitrogen and oxygen atoms in total. The van der Waals surface area contributed by atoms with E-state index in [9.17, 15) is 4.79 Å². The summed E-state index contributed by atoms with van der Waals surface area (Å²) >= 11 is 0. The molecule has 2 aliphatic heterocycles. The Morgan fingerprint density at radius 2 is 1.85 bits per heavy atom. The number of rotatable bonds is 4. The van der Waals surface area contributed by atoms with Crippen molar-refractivity contribution in [2.45, 2.75) is 27.3 Å². The third-order valence-electron chi connectivity index (χ3n) is 5.63. The lowest BCUT2D eigenvalue weighted by atomic mass is 9.95. The maximum atomic E-state index is 12.6. The summed E-state index contributed by atoms with van der Waals surface area (Å²) in [5.41, 5.74) is 1.38. The molecule has 4 rings (SSSR count). The molecule has 4 heterocycles. The Balaban J connectivity index is 1.50. The Bertz CT molecular complexity index is 828. The van der Waals surface area contributed by atoms with Crippen LogP contribution in [0.5, 0.6) is 0 Å². The number of hydrogen-bond acceptors (Lipinski definition) is 6. The summed E-state index contributed by atoms with van der Waals surface area (Å²) in [5.74, 6) is 2.15.